The van der Waals surface area contributed by atoms with Gasteiger partial charge in [0.1, 0.15) is 9.88 Å². The second-order valence-corrected chi connectivity index (χ2v) is 8.96. The molecule has 162 valence electrons. The predicted molar refractivity (Wildman–Crippen MR) is 118 cm³/mol. The molecule has 0 unspecified atom stereocenters. The number of amides is 1. The largest absolute Gasteiger partial charge is 0.462 e. The molecule has 6 nitrogen and oxygen atoms in total. The van der Waals surface area contributed by atoms with Gasteiger partial charge >= 0.3 is 11.9 Å². The highest BCUT2D eigenvalue weighted by Gasteiger charge is 2.32. The van der Waals surface area contributed by atoms with Crippen LogP contribution in [0, 0.1) is 12.3 Å². The zero-order valence-corrected chi connectivity index (χ0v) is 19.1. The number of carbonyl (C=O) groups excluding carboxylic acids is 3. The Morgan fingerprint density at radius 2 is 1.73 bits per heavy atom. The summed E-state index contributed by atoms with van der Waals surface area (Å²) in [5, 5.41) is 3.15. The van der Waals surface area contributed by atoms with E-state index in [9.17, 15) is 14.4 Å². The second kappa shape index (κ2) is 9.89. The molecule has 0 bridgehead atoms. The quantitative estimate of drug-likeness (QED) is 0.595. The molecule has 1 aromatic carbocycles. The summed E-state index contributed by atoms with van der Waals surface area (Å²) in [6.07, 6.45) is 0.231. The monoisotopic (exact) mass is 431 g/mol. The van der Waals surface area contributed by atoms with E-state index in [0.29, 0.717) is 17.0 Å². The van der Waals surface area contributed by atoms with Gasteiger partial charge in [0.25, 0.3) is 0 Å². The number of hydrogen-bond acceptors (Lipinski definition) is 6. The van der Waals surface area contributed by atoms with Crippen LogP contribution in [0.15, 0.2) is 30.3 Å². The van der Waals surface area contributed by atoms with E-state index in [1.54, 1.807) is 27.7 Å². The summed E-state index contributed by atoms with van der Waals surface area (Å²) in [5.41, 5.74) is 0.942. The number of carbonyl (C=O) groups is 3. The van der Waals surface area contributed by atoms with Crippen LogP contribution >= 0.6 is 11.3 Å². The summed E-state index contributed by atoms with van der Waals surface area (Å²) in [4.78, 5) is 38.4. The van der Waals surface area contributed by atoms with Crippen molar-refractivity contribution in [1.82, 2.24) is 0 Å². The molecule has 0 aliphatic rings. The Hall–Kier alpha value is -2.67. The van der Waals surface area contributed by atoms with Crippen LogP contribution in [0.1, 0.15) is 65.8 Å². The highest BCUT2D eigenvalue weighted by molar-refractivity contribution is 7.18. The number of esters is 2. The Bertz CT molecular complexity index is 915. The summed E-state index contributed by atoms with van der Waals surface area (Å²) in [7, 11) is 0. The lowest BCUT2D eigenvalue weighted by atomic mass is 9.85. The van der Waals surface area contributed by atoms with Crippen molar-refractivity contribution in [2.75, 3.05) is 11.9 Å². The Kier molecular flexibility index (Phi) is 7.78. The van der Waals surface area contributed by atoms with Crippen molar-refractivity contribution >= 4 is 34.2 Å². The fourth-order valence-electron chi connectivity index (χ4n) is 2.97. The molecule has 0 aliphatic carbocycles. The van der Waals surface area contributed by atoms with E-state index in [2.05, 4.69) is 5.32 Å². The third kappa shape index (κ3) is 5.69. The van der Waals surface area contributed by atoms with Gasteiger partial charge in [-0.05, 0) is 45.2 Å². The van der Waals surface area contributed by atoms with E-state index in [4.69, 9.17) is 9.47 Å². The maximum atomic E-state index is 13.1. The van der Waals surface area contributed by atoms with Crippen LogP contribution in [0.25, 0.3) is 0 Å². The van der Waals surface area contributed by atoms with Crippen LogP contribution < -0.4 is 5.32 Å². The molecule has 7 heteroatoms. The van der Waals surface area contributed by atoms with E-state index < -0.39 is 17.4 Å². The minimum atomic E-state index is -0.732. The first-order valence-electron chi connectivity index (χ1n) is 9.93. The van der Waals surface area contributed by atoms with Gasteiger partial charge in [-0.1, -0.05) is 44.2 Å². The molecule has 0 saturated heterocycles. The molecule has 30 heavy (non-hydrogen) atoms. The van der Waals surface area contributed by atoms with Crippen molar-refractivity contribution in [2.45, 2.75) is 54.1 Å². The first kappa shape index (κ1) is 23.6. The van der Waals surface area contributed by atoms with Gasteiger partial charge < -0.3 is 14.8 Å². The number of anilines is 1. The smallest absolute Gasteiger partial charge is 0.348 e. The first-order chi connectivity index (χ1) is 14.1. The topological polar surface area (TPSA) is 81.7 Å². The van der Waals surface area contributed by atoms with Crippen molar-refractivity contribution in [3.05, 3.63) is 51.9 Å². The number of rotatable bonds is 8. The van der Waals surface area contributed by atoms with Crippen molar-refractivity contribution in [3.63, 3.8) is 0 Å². The van der Waals surface area contributed by atoms with Gasteiger partial charge in [0.15, 0.2) is 0 Å². The number of nitrogens with one attached hydrogen (secondary N) is 1. The Balaban J connectivity index is 2.35. The summed E-state index contributed by atoms with van der Waals surface area (Å²) in [6.45, 7) is 10.7. The number of benzene rings is 1. The lowest BCUT2D eigenvalue weighted by Gasteiger charge is -2.23. The lowest BCUT2D eigenvalue weighted by Crippen LogP contribution is -2.33. The minimum absolute atomic E-state index is 0.187. The number of hydrogen-bond donors (Lipinski definition) is 1. The van der Waals surface area contributed by atoms with Crippen LogP contribution in [0.2, 0.25) is 0 Å². The van der Waals surface area contributed by atoms with Gasteiger partial charge in [-0.25, -0.2) is 9.59 Å². The number of ether oxygens (including phenoxy) is 2. The van der Waals surface area contributed by atoms with Crippen LogP contribution in [-0.2, 0) is 20.7 Å². The van der Waals surface area contributed by atoms with Crippen molar-refractivity contribution in [1.29, 1.82) is 0 Å². The van der Waals surface area contributed by atoms with E-state index >= 15 is 0 Å². The summed E-state index contributed by atoms with van der Waals surface area (Å²) < 4.78 is 10.4. The summed E-state index contributed by atoms with van der Waals surface area (Å²) in [6, 6.07) is 9.71. The molecular weight excluding hydrogens is 402 g/mol. The molecule has 0 aliphatic heterocycles. The molecule has 0 spiro atoms. The van der Waals surface area contributed by atoms with Gasteiger partial charge in [-0.15, -0.1) is 11.3 Å². The average Bonchev–Trinajstić information content (AvgIpc) is 2.98. The van der Waals surface area contributed by atoms with Gasteiger partial charge in [-0.3, -0.25) is 4.79 Å². The maximum absolute atomic E-state index is 13.1. The second-order valence-electron chi connectivity index (χ2n) is 7.94. The Labute approximate surface area is 181 Å². The molecule has 2 aromatic rings. The molecule has 0 atom stereocenters. The third-order valence-corrected chi connectivity index (χ3v) is 5.67. The van der Waals surface area contributed by atoms with Crippen LogP contribution in [0.3, 0.4) is 0 Å². The average molecular weight is 432 g/mol. The molecule has 0 fully saturated rings. The SMILES string of the molecule is CCOC(=O)c1c(NC(=O)C(C)(C)Cc2ccccc2)sc(C(=O)OC(C)C)c1C. The Morgan fingerprint density at radius 3 is 2.30 bits per heavy atom. The van der Waals surface area contributed by atoms with Crippen LogP contribution in [0.4, 0.5) is 5.00 Å². The number of thiophene rings is 1. The standard InChI is InChI=1S/C23H29NO5S/c1-7-28-20(25)17-15(4)18(21(26)29-14(2)3)30-19(17)24-22(27)23(5,6)13-16-11-9-8-10-12-16/h8-12,14H,7,13H2,1-6H3,(H,24,27). The van der Waals surface area contributed by atoms with E-state index in [1.165, 1.54) is 0 Å². The molecule has 2 rings (SSSR count). The molecule has 1 aromatic heterocycles. The molecular formula is C23H29NO5S. The first-order valence-corrected chi connectivity index (χ1v) is 10.7. The predicted octanol–water partition coefficient (Wildman–Crippen LogP) is 5.01. The minimum Gasteiger partial charge on any atom is -0.462 e. The fourth-order valence-corrected chi connectivity index (χ4v) is 4.04. The van der Waals surface area contributed by atoms with E-state index in [1.807, 2.05) is 44.2 Å². The van der Waals surface area contributed by atoms with Gasteiger partial charge in [0, 0.05) is 5.41 Å². The third-order valence-electron chi connectivity index (χ3n) is 4.49. The van der Waals surface area contributed by atoms with Crippen molar-refractivity contribution in [3.8, 4) is 0 Å². The maximum Gasteiger partial charge on any atom is 0.348 e. The summed E-state index contributed by atoms with van der Waals surface area (Å²) in [5.74, 6) is -1.35. The summed E-state index contributed by atoms with van der Waals surface area (Å²) >= 11 is 1.03. The van der Waals surface area contributed by atoms with Crippen molar-refractivity contribution in [2.24, 2.45) is 5.41 Å². The van der Waals surface area contributed by atoms with Crippen LogP contribution in [-0.4, -0.2) is 30.6 Å². The van der Waals surface area contributed by atoms with Gasteiger partial charge in [0.2, 0.25) is 5.91 Å². The Morgan fingerprint density at radius 1 is 1.10 bits per heavy atom. The molecule has 1 N–H and O–H groups in total. The highest BCUT2D eigenvalue weighted by Crippen LogP contribution is 2.36. The zero-order chi connectivity index (χ0) is 22.5. The molecule has 1 amide bonds. The fraction of sp³-hybridized carbons (Fsp3) is 0.435. The lowest BCUT2D eigenvalue weighted by molar-refractivity contribution is -0.123. The zero-order valence-electron chi connectivity index (χ0n) is 18.3. The van der Waals surface area contributed by atoms with Gasteiger partial charge in [-0.2, -0.15) is 0 Å². The van der Waals surface area contributed by atoms with Crippen LogP contribution in [0.5, 0.6) is 0 Å². The van der Waals surface area contributed by atoms with E-state index in [0.717, 1.165) is 16.9 Å². The molecule has 0 saturated carbocycles. The van der Waals surface area contributed by atoms with Crippen molar-refractivity contribution < 1.29 is 23.9 Å². The van der Waals surface area contributed by atoms with Gasteiger partial charge in [0.05, 0.1) is 18.3 Å². The highest BCUT2D eigenvalue weighted by atomic mass is 32.1. The molecule has 0 radical (unpaired) electrons. The molecule has 1 heterocycles. The normalized spacial score (nSPS) is 11.3. The van der Waals surface area contributed by atoms with E-state index in [-0.39, 0.29) is 29.1 Å².